The van der Waals surface area contributed by atoms with E-state index in [1.165, 1.54) is 0 Å². The quantitative estimate of drug-likeness (QED) is 0.919. The van der Waals surface area contributed by atoms with E-state index in [9.17, 15) is 4.39 Å². The molecule has 0 bridgehead atoms. The molecule has 0 radical (unpaired) electrons. The predicted octanol–water partition coefficient (Wildman–Crippen LogP) is 3.88. The lowest BCUT2D eigenvalue weighted by Crippen LogP contribution is -2.04. The molecule has 0 aliphatic rings. The fourth-order valence-electron chi connectivity index (χ4n) is 1.69. The van der Waals surface area contributed by atoms with Gasteiger partial charge in [0.1, 0.15) is 11.6 Å². The van der Waals surface area contributed by atoms with Crippen molar-refractivity contribution < 1.29 is 9.13 Å². The molecule has 1 aromatic carbocycles. The molecular weight excluding hydrogens is 257 g/mol. The van der Waals surface area contributed by atoms with Crippen LogP contribution in [0, 0.1) is 12.7 Å². The van der Waals surface area contributed by atoms with Crippen LogP contribution in [-0.4, -0.2) is 17.0 Å². The molecule has 0 saturated heterocycles. The van der Waals surface area contributed by atoms with Crippen LogP contribution in [0.4, 0.5) is 10.2 Å². The second-order valence-corrected chi connectivity index (χ2v) is 4.84. The third-order valence-corrected chi connectivity index (χ3v) is 2.86. The first kappa shape index (κ1) is 14.2. The van der Waals surface area contributed by atoms with E-state index >= 15 is 0 Å². The van der Waals surface area contributed by atoms with E-state index in [2.05, 4.69) is 15.3 Å². The van der Waals surface area contributed by atoms with Gasteiger partial charge in [-0.25, -0.2) is 9.37 Å². The third kappa shape index (κ3) is 3.04. The lowest BCUT2D eigenvalue weighted by atomic mass is 10.2. The predicted molar refractivity (Wildman–Crippen MR) is 76.9 cm³/mol. The maximum atomic E-state index is 13.9. The number of aryl methyl sites for hydroxylation is 1. The smallest absolute Gasteiger partial charge is 0.224 e. The molecule has 20 heavy (non-hydrogen) atoms. The Bertz CT molecular complexity index is 614. The van der Waals surface area contributed by atoms with Crippen LogP contribution in [0.5, 0.6) is 11.6 Å². The molecule has 0 aliphatic heterocycles. The summed E-state index contributed by atoms with van der Waals surface area (Å²) in [6.45, 7) is 5.68. The highest BCUT2D eigenvalue weighted by molar-refractivity contribution is 5.40. The Hall–Kier alpha value is -2.17. The first-order valence-corrected chi connectivity index (χ1v) is 6.51. The van der Waals surface area contributed by atoms with Crippen LogP contribution < -0.4 is 10.1 Å². The molecule has 5 heteroatoms. The topological polar surface area (TPSA) is 47.0 Å². The first-order chi connectivity index (χ1) is 9.51. The van der Waals surface area contributed by atoms with Gasteiger partial charge in [-0.1, -0.05) is 26.0 Å². The number of rotatable bonds is 4. The number of hydrogen-bond acceptors (Lipinski definition) is 4. The molecule has 0 aliphatic carbocycles. The zero-order valence-electron chi connectivity index (χ0n) is 12.1. The van der Waals surface area contributed by atoms with Crippen LogP contribution >= 0.6 is 0 Å². The highest BCUT2D eigenvalue weighted by Crippen LogP contribution is 2.27. The monoisotopic (exact) mass is 275 g/mol. The maximum absolute atomic E-state index is 13.9. The van der Waals surface area contributed by atoms with Gasteiger partial charge in [-0.3, -0.25) is 0 Å². The lowest BCUT2D eigenvalue weighted by Gasteiger charge is -2.11. The molecule has 0 fully saturated rings. The zero-order chi connectivity index (χ0) is 14.7. The number of ether oxygens (including phenoxy) is 1. The number of nitrogens with zero attached hydrogens (tertiary/aromatic N) is 2. The fourth-order valence-corrected chi connectivity index (χ4v) is 1.69. The molecule has 4 nitrogen and oxygen atoms in total. The molecule has 0 spiro atoms. The van der Waals surface area contributed by atoms with E-state index in [-0.39, 0.29) is 17.5 Å². The lowest BCUT2D eigenvalue weighted by molar-refractivity contribution is 0.422. The number of halogens is 1. The molecule has 0 atom stereocenters. The van der Waals surface area contributed by atoms with E-state index in [1.54, 1.807) is 38.2 Å². The van der Waals surface area contributed by atoms with E-state index in [4.69, 9.17) is 4.74 Å². The van der Waals surface area contributed by atoms with Crippen molar-refractivity contribution in [3.63, 3.8) is 0 Å². The van der Waals surface area contributed by atoms with Crippen molar-refractivity contribution >= 4 is 5.82 Å². The van der Waals surface area contributed by atoms with Crippen molar-refractivity contribution in [2.24, 2.45) is 0 Å². The van der Waals surface area contributed by atoms with Gasteiger partial charge in [0.15, 0.2) is 11.6 Å². The van der Waals surface area contributed by atoms with E-state index in [0.717, 1.165) is 0 Å². The zero-order valence-corrected chi connectivity index (χ0v) is 12.1. The summed E-state index contributed by atoms with van der Waals surface area (Å²) in [6, 6.07) is 6.67. The number of hydrogen-bond donors (Lipinski definition) is 1. The molecular formula is C15H18FN3O. The van der Waals surface area contributed by atoms with E-state index in [1.807, 2.05) is 13.8 Å². The number of aromatic nitrogens is 2. The first-order valence-electron chi connectivity index (χ1n) is 6.51. The van der Waals surface area contributed by atoms with Crippen molar-refractivity contribution in [1.82, 2.24) is 9.97 Å². The van der Waals surface area contributed by atoms with Gasteiger partial charge in [0.25, 0.3) is 0 Å². The summed E-state index contributed by atoms with van der Waals surface area (Å²) in [7, 11) is 1.77. The Balaban J connectivity index is 2.37. The SMILES string of the molecule is CNc1cc(Oc2cccc(C)c2F)nc(C(C)C)n1. The third-order valence-electron chi connectivity index (χ3n) is 2.86. The minimum atomic E-state index is -0.372. The molecule has 1 N–H and O–H groups in total. The van der Waals surface area contributed by atoms with Gasteiger partial charge in [0.2, 0.25) is 5.88 Å². The molecule has 2 aromatic rings. The largest absolute Gasteiger partial charge is 0.436 e. The van der Waals surface area contributed by atoms with Crippen LogP contribution in [0.3, 0.4) is 0 Å². The van der Waals surface area contributed by atoms with Crippen molar-refractivity contribution in [3.05, 3.63) is 41.5 Å². The van der Waals surface area contributed by atoms with Crippen LogP contribution in [0.15, 0.2) is 24.3 Å². The Morgan fingerprint density at radius 2 is 2.00 bits per heavy atom. The Morgan fingerprint density at radius 1 is 1.25 bits per heavy atom. The van der Waals surface area contributed by atoms with Gasteiger partial charge in [-0.2, -0.15) is 4.98 Å². The van der Waals surface area contributed by atoms with E-state index in [0.29, 0.717) is 23.1 Å². The highest BCUT2D eigenvalue weighted by atomic mass is 19.1. The van der Waals surface area contributed by atoms with E-state index < -0.39 is 0 Å². The van der Waals surface area contributed by atoms with Gasteiger partial charge < -0.3 is 10.1 Å². The van der Waals surface area contributed by atoms with Gasteiger partial charge in [-0.15, -0.1) is 0 Å². The Kier molecular flexibility index (Phi) is 4.17. The number of anilines is 1. The van der Waals surface area contributed by atoms with Crippen molar-refractivity contribution in [2.45, 2.75) is 26.7 Å². The number of benzene rings is 1. The Morgan fingerprint density at radius 3 is 2.65 bits per heavy atom. The summed E-state index contributed by atoms with van der Waals surface area (Å²) in [5.41, 5.74) is 0.537. The molecule has 0 saturated carbocycles. The van der Waals surface area contributed by atoms with Gasteiger partial charge >= 0.3 is 0 Å². The second kappa shape index (κ2) is 5.86. The average molecular weight is 275 g/mol. The standard InChI is InChI=1S/C15H18FN3O/c1-9(2)15-18-12(17-4)8-13(19-15)20-11-7-5-6-10(3)14(11)16/h5-9H,1-4H3,(H,17,18,19). The fraction of sp³-hybridized carbons (Fsp3) is 0.333. The highest BCUT2D eigenvalue weighted by Gasteiger charge is 2.12. The minimum Gasteiger partial charge on any atom is -0.436 e. The molecule has 106 valence electrons. The second-order valence-electron chi connectivity index (χ2n) is 4.84. The Labute approximate surface area is 118 Å². The van der Waals surface area contributed by atoms with Crippen molar-refractivity contribution in [3.8, 4) is 11.6 Å². The average Bonchev–Trinajstić information content (AvgIpc) is 2.43. The minimum absolute atomic E-state index is 0.160. The summed E-state index contributed by atoms with van der Waals surface area (Å²) < 4.78 is 19.5. The molecule has 0 unspecified atom stereocenters. The van der Waals surface area contributed by atoms with Crippen molar-refractivity contribution in [2.75, 3.05) is 12.4 Å². The summed E-state index contributed by atoms with van der Waals surface area (Å²) in [4.78, 5) is 8.64. The van der Waals surface area contributed by atoms with Gasteiger partial charge in [-0.05, 0) is 18.6 Å². The van der Waals surface area contributed by atoms with Gasteiger partial charge in [0.05, 0.1) is 0 Å². The summed E-state index contributed by atoms with van der Waals surface area (Å²) in [5, 5.41) is 2.95. The summed E-state index contributed by atoms with van der Waals surface area (Å²) >= 11 is 0. The molecule has 2 rings (SSSR count). The molecule has 1 aromatic heterocycles. The van der Waals surface area contributed by atoms with Gasteiger partial charge in [0, 0.05) is 19.0 Å². The normalized spacial score (nSPS) is 10.7. The maximum Gasteiger partial charge on any atom is 0.224 e. The van der Waals surface area contributed by atoms with Crippen LogP contribution in [-0.2, 0) is 0 Å². The van der Waals surface area contributed by atoms with Crippen molar-refractivity contribution in [1.29, 1.82) is 0 Å². The van der Waals surface area contributed by atoms with Crippen LogP contribution in [0.2, 0.25) is 0 Å². The molecule has 0 amide bonds. The van der Waals surface area contributed by atoms with Crippen LogP contribution in [0.25, 0.3) is 0 Å². The molecule has 1 heterocycles. The number of nitrogens with one attached hydrogen (secondary N) is 1. The summed E-state index contributed by atoms with van der Waals surface area (Å²) in [5.74, 6) is 1.58. The summed E-state index contributed by atoms with van der Waals surface area (Å²) in [6.07, 6.45) is 0. The van der Waals surface area contributed by atoms with Crippen LogP contribution in [0.1, 0.15) is 31.2 Å².